The maximum atomic E-state index is 12.0. The molecule has 0 saturated heterocycles. The van der Waals surface area contributed by atoms with Gasteiger partial charge in [-0.15, -0.1) is 12.6 Å². The largest absolute Gasteiger partial charge is 0.433 e. The van der Waals surface area contributed by atoms with Crippen LogP contribution in [0.15, 0.2) is 11.2 Å². The molecule has 0 radical (unpaired) electrons. The Bertz CT molecular complexity index is 277. The first-order valence-corrected chi connectivity index (χ1v) is 3.46. The van der Waals surface area contributed by atoms with Crippen molar-refractivity contribution in [2.24, 2.45) is 0 Å². The van der Waals surface area contributed by atoms with Crippen molar-refractivity contribution >= 4 is 12.6 Å². The summed E-state index contributed by atoms with van der Waals surface area (Å²) < 4.78 is 36.1. The average molecular weight is 194 g/mol. The Morgan fingerprint density at radius 2 is 1.92 bits per heavy atom. The van der Waals surface area contributed by atoms with Crippen LogP contribution < -0.4 is 0 Å². The number of halogens is 3. The number of alkyl halides is 3. The fourth-order valence-corrected chi connectivity index (χ4v) is 0.964. The summed E-state index contributed by atoms with van der Waals surface area (Å²) in [5.41, 5.74) is -0.706. The number of hydrogen-bond donors (Lipinski definition) is 1. The minimum Gasteiger partial charge on any atom is -0.228 e. The Hall–Kier alpha value is -0.780. The second kappa shape index (κ2) is 2.93. The van der Waals surface area contributed by atoms with Gasteiger partial charge in [0.05, 0.1) is 0 Å². The summed E-state index contributed by atoms with van der Waals surface area (Å²) in [5, 5.41) is -0.165. The minimum atomic E-state index is -4.43. The van der Waals surface area contributed by atoms with Crippen molar-refractivity contribution < 1.29 is 13.2 Å². The van der Waals surface area contributed by atoms with Crippen LogP contribution in [0.3, 0.4) is 0 Å². The molecule has 6 heteroatoms. The standard InChI is InChI=1S/C6H5F3N2S/c1-3-2-4(6(7,8)9)11-5(12)10-3/h2H,1H3,(H,10,11,12). The zero-order valence-corrected chi connectivity index (χ0v) is 6.95. The maximum Gasteiger partial charge on any atom is 0.433 e. The lowest BCUT2D eigenvalue weighted by Gasteiger charge is -2.05. The molecule has 0 bridgehead atoms. The van der Waals surface area contributed by atoms with Crippen LogP contribution in [0.4, 0.5) is 13.2 Å². The fourth-order valence-electron chi connectivity index (χ4n) is 0.698. The highest BCUT2D eigenvalue weighted by atomic mass is 32.1. The van der Waals surface area contributed by atoms with E-state index < -0.39 is 11.9 Å². The van der Waals surface area contributed by atoms with Crippen LogP contribution in [0.25, 0.3) is 0 Å². The summed E-state index contributed by atoms with van der Waals surface area (Å²) in [6.45, 7) is 1.46. The van der Waals surface area contributed by atoms with Gasteiger partial charge in [-0.05, 0) is 13.0 Å². The average Bonchev–Trinajstić information content (AvgIpc) is 1.82. The summed E-state index contributed by atoms with van der Waals surface area (Å²) in [5.74, 6) is 0. The first kappa shape index (κ1) is 9.31. The van der Waals surface area contributed by atoms with E-state index in [9.17, 15) is 13.2 Å². The van der Waals surface area contributed by atoms with Crippen molar-refractivity contribution in [1.82, 2.24) is 9.97 Å². The Kier molecular flexibility index (Phi) is 2.27. The molecule has 12 heavy (non-hydrogen) atoms. The van der Waals surface area contributed by atoms with Crippen LogP contribution >= 0.6 is 12.6 Å². The Morgan fingerprint density at radius 3 is 2.33 bits per heavy atom. The molecule has 0 spiro atoms. The van der Waals surface area contributed by atoms with Crippen LogP contribution in [0.2, 0.25) is 0 Å². The van der Waals surface area contributed by atoms with Crippen LogP contribution in [-0.4, -0.2) is 9.97 Å². The summed E-state index contributed by atoms with van der Waals surface area (Å²) in [4.78, 5) is 6.73. The number of nitrogens with zero attached hydrogens (tertiary/aromatic N) is 2. The van der Waals surface area contributed by atoms with Gasteiger partial charge in [0.2, 0.25) is 0 Å². The highest BCUT2D eigenvalue weighted by molar-refractivity contribution is 7.80. The van der Waals surface area contributed by atoms with Gasteiger partial charge in [0.1, 0.15) is 5.69 Å². The molecule has 1 aromatic heterocycles. The first-order valence-electron chi connectivity index (χ1n) is 3.01. The molecule has 1 heterocycles. The Labute approximate surface area is 72.3 Å². The normalized spacial score (nSPS) is 11.8. The SMILES string of the molecule is Cc1cc(C(F)(F)F)nc(S)n1. The fraction of sp³-hybridized carbons (Fsp3) is 0.333. The van der Waals surface area contributed by atoms with E-state index in [0.717, 1.165) is 6.07 Å². The molecule has 0 amide bonds. The quantitative estimate of drug-likeness (QED) is 0.505. The van der Waals surface area contributed by atoms with Gasteiger partial charge < -0.3 is 0 Å². The summed E-state index contributed by atoms with van der Waals surface area (Å²) in [6, 6.07) is 0.875. The predicted octanol–water partition coefficient (Wildman–Crippen LogP) is 2.09. The molecule has 66 valence electrons. The molecule has 0 fully saturated rings. The lowest BCUT2D eigenvalue weighted by molar-refractivity contribution is -0.141. The summed E-state index contributed by atoms with van der Waals surface area (Å²) in [7, 11) is 0. The molecule has 1 aromatic rings. The molecule has 0 saturated carbocycles. The van der Waals surface area contributed by atoms with E-state index in [1.165, 1.54) is 6.92 Å². The Morgan fingerprint density at radius 1 is 1.33 bits per heavy atom. The highest BCUT2D eigenvalue weighted by Crippen LogP contribution is 2.27. The van der Waals surface area contributed by atoms with Gasteiger partial charge in [-0.25, -0.2) is 9.97 Å². The van der Waals surface area contributed by atoms with Crippen molar-refractivity contribution in [2.75, 3.05) is 0 Å². The molecule has 0 atom stereocenters. The molecule has 0 aliphatic carbocycles. The number of aromatic nitrogens is 2. The number of aryl methyl sites for hydroxylation is 1. The van der Waals surface area contributed by atoms with Crippen molar-refractivity contribution in [2.45, 2.75) is 18.3 Å². The van der Waals surface area contributed by atoms with Gasteiger partial charge >= 0.3 is 6.18 Å². The van der Waals surface area contributed by atoms with Gasteiger partial charge in [-0.1, -0.05) is 0 Å². The van der Waals surface area contributed by atoms with Crippen molar-refractivity contribution in [3.8, 4) is 0 Å². The van der Waals surface area contributed by atoms with E-state index in [1.807, 2.05) is 0 Å². The number of rotatable bonds is 0. The maximum absolute atomic E-state index is 12.0. The topological polar surface area (TPSA) is 25.8 Å². The van der Waals surface area contributed by atoms with Gasteiger partial charge in [0, 0.05) is 5.69 Å². The van der Waals surface area contributed by atoms with E-state index in [-0.39, 0.29) is 10.9 Å². The molecular weight excluding hydrogens is 189 g/mol. The van der Waals surface area contributed by atoms with E-state index in [4.69, 9.17) is 0 Å². The molecule has 2 nitrogen and oxygen atoms in total. The van der Waals surface area contributed by atoms with Crippen molar-refractivity contribution in [3.05, 3.63) is 17.5 Å². The minimum absolute atomic E-state index is 0.165. The van der Waals surface area contributed by atoms with Gasteiger partial charge in [-0.3, -0.25) is 0 Å². The van der Waals surface area contributed by atoms with Crippen LogP contribution in [0.5, 0.6) is 0 Å². The third kappa shape index (κ3) is 2.10. The first-order chi connectivity index (χ1) is 5.39. The molecule has 0 unspecified atom stereocenters. The molecule has 0 aliphatic heterocycles. The van der Waals surface area contributed by atoms with E-state index in [0.29, 0.717) is 0 Å². The lowest BCUT2D eigenvalue weighted by Crippen LogP contribution is -2.09. The van der Waals surface area contributed by atoms with Crippen LogP contribution in [-0.2, 0) is 6.18 Å². The Balaban J connectivity index is 3.18. The third-order valence-corrected chi connectivity index (χ3v) is 1.33. The summed E-state index contributed by atoms with van der Waals surface area (Å²) >= 11 is 3.63. The third-order valence-electron chi connectivity index (χ3n) is 1.13. The van der Waals surface area contributed by atoms with Gasteiger partial charge in [-0.2, -0.15) is 13.2 Å². The lowest BCUT2D eigenvalue weighted by atomic mass is 10.3. The van der Waals surface area contributed by atoms with Crippen molar-refractivity contribution in [1.29, 1.82) is 0 Å². The van der Waals surface area contributed by atoms with Crippen molar-refractivity contribution in [3.63, 3.8) is 0 Å². The molecule has 1 rings (SSSR count). The monoisotopic (exact) mass is 194 g/mol. The van der Waals surface area contributed by atoms with E-state index >= 15 is 0 Å². The second-order valence-electron chi connectivity index (χ2n) is 2.19. The van der Waals surface area contributed by atoms with Crippen LogP contribution in [0.1, 0.15) is 11.4 Å². The number of hydrogen-bond acceptors (Lipinski definition) is 3. The second-order valence-corrected chi connectivity index (χ2v) is 2.59. The molecule has 0 aromatic carbocycles. The van der Waals surface area contributed by atoms with E-state index in [1.54, 1.807) is 0 Å². The predicted molar refractivity (Wildman–Crippen MR) is 39.0 cm³/mol. The van der Waals surface area contributed by atoms with Gasteiger partial charge in [0.15, 0.2) is 5.16 Å². The summed E-state index contributed by atoms with van der Waals surface area (Å²) in [6.07, 6.45) is -4.43. The molecule has 0 aliphatic rings. The van der Waals surface area contributed by atoms with Gasteiger partial charge in [0.25, 0.3) is 0 Å². The van der Waals surface area contributed by atoms with E-state index in [2.05, 4.69) is 22.6 Å². The zero-order valence-electron chi connectivity index (χ0n) is 6.05. The number of thiol groups is 1. The molecular formula is C6H5F3N2S. The highest BCUT2D eigenvalue weighted by Gasteiger charge is 2.32. The smallest absolute Gasteiger partial charge is 0.228 e. The van der Waals surface area contributed by atoms with Crippen LogP contribution in [0, 0.1) is 6.92 Å². The molecule has 0 N–H and O–H groups in total. The zero-order chi connectivity index (χ0) is 9.35.